The van der Waals surface area contributed by atoms with Crippen LogP contribution in [-0.4, -0.2) is 52.7 Å². The molecule has 1 aromatic heterocycles. The van der Waals surface area contributed by atoms with E-state index in [1.807, 2.05) is 56.3 Å². The number of aryl methyl sites for hydroxylation is 2. The first kappa shape index (κ1) is 20.0. The van der Waals surface area contributed by atoms with Gasteiger partial charge in [0.15, 0.2) is 5.78 Å². The quantitative estimate of drug-likeness (QED) is 0.349. The fourth-order valence-corrected chi connectivity index (χ4v) is 4.40. The third kappa shape index (κ3) is 4.83. The Morgan fingerprint density at radius 1 is 1.10 bits per heavy atom. The Morgan fingerprint density at radius 3 is 2.72 bits per heavy atom. The summed E-state index contributed by atoms with van der Waals surface area (Å²) in [7, 11) is 0. The summed E-state index contributed by atoms with van der Waals surface area (Å²) < 4.78 is 5.43. The van der Waals surface area contributed by atoms with E-state index < -0.39 is 0 Å². The highest BCUT2D eigenvalue weighted by Crippen LogP contribution is 2.27. The van der Waals surface area contributed by atoms with Crippen molar-refractivity contribution >= 4 is 28.4 Å². The third-order valence-corrected chi connectivity index (χ3v) is 6.11. The maximum absolute atomic E-state index is 12.8. The molecule has 0 unspecified atom stereocenters. The van der Waals surface area contributed by atoms with Gasteiger partial charge in [-0.3, -0.25) is 9.69 Å². The van der Waals surface area contributed by atoms with E-state index in [9.17, 15) is 4.79 Å². The van der Waals surface area contributed by atoms with Crippen LogP contribution in [0.1, 0.15) is 27.3 Å². The van der Waals surface area contributed by atoms with E-state index >= 15 is 0 Å². The molecule has 0 aliphatic carbocycles. The average molecular weight is 408 g/mol. The van der Waals surface area contributed by atoms with Gasteiger partial charge in [-0.05, 0) is 31.5 Å². The van der Waals surface area contributed by atoms with Crippen molar-refractivity contribution in [2.45, 2.75) is 25.4 Å². The number of ketones is 1. The summed E-state index contributed by atoms with van der Waals surface area (Å²) in [5.74, 6) is 1.29. The number of carbonyl (C=O) groups is 1. The van der Waals surface area contributed by atoms with Crippen molar-refractivity contribution in [3.63, 3.8) is 0 Å². The number of para-hydroxylation sites is 1. The van der Waals surface area contributed by atoms with Crippen LogP contribution in [0.25, 0.3) is 10.9 Å². The minimum Gasteiger partial charge on any atom is -0.379 e. The van der Waals surface area contributed by atoms with Crippen molar-refractivity contribution in [2.75, 3.05) is 32.1 Å². The van der Waals surface area contributed by atoms with Gasteiger partial charge in [0.1, 0.15) is 10.9 Å². The molecule has 1 saturated heterocycles. The van der Waals surface area contributed by atoms with Gasteiger partial charge in [0.2, 0.25) is 0 Å². The molecule has 0 saturated carbocycles. The minimum atomic E-state index is 0.133. The molecule has 0 spiro atoms. The molecule has 0 bridgehead atoms. The predicted molar refractivity (Wildman–Crippen MR) is 117 cm³/mol. The predicted octanol–water partition coefficient (Wildman–Crippen LogP) is 4.05. The van der Waals surface area contributed by atoms with Gasteiger partial charge >= 0.3 is 0 Å². The third-order valence-electron chi connectivity index (χ3n) is 5.12. The van der Waals surface area contributed by atoms with E-state index in [0.717, 1.165) is 64.7 Å². The van der Waals surface area contributed by atoms with Crippen molar-refractivity contribution in [2.24, 2.45) is 0 Å². The summed E-state index contributed by atoms with van der Waals surface area (Å²) >= 11 is 1.50. The number of carbonyl (C=O) groups excluding carboxylic acids is 1. The highest BCUT2D eigenvalue weighted by molar-refractivity contribution is 8.00. The number of Topliss-reactive ketones (excluding diaryl/α,β-unsaturated/α-hetero) is 1. The van der Waals surface area contributed by atoms with E-state index in [0.29, 0.717) is 12.3 Å². The fourth-order valence-electron chi connectivity index (χ4n) is 3.48. The number of aromatic nitrogens is 2. The van der Waals surface area contributed by atoms with Crippen molar-refractivity contribution in [3.8, 4) is 0 Å². The molecule has 150 valence electrons. The summed E-state index contributed by atoms with van der Waals surface area (Å²) in [6, 6.07) is 14.0. The lowest BCUT2D eigenvalue weighted by Crippen LogP contribution is -2.36. The highest BCUT2D eigenvalue weighted by Gasteiger charge is 2.16. The zero-order valence-electron chi connectivity index (χ0n) is 16.9. The summed E-state index contributed by atoms with van der Waals surface area (Å²) in [5, 5.41) is 1.87. The first-order valence-electron chi connectivity index (χ1n) is 9.89. The van der Waals surface area contributed by atoms with Crippen LogP contribution in [0.2, 0.25) is 0 Å². The Morgan fingerprint density at radius 2 is 1.90 bits per heavy atom. The molecule has 0 amide bonds. The second-order valence-corrected chi connectivity index (χ2v) is 8.34. The monoisotopic (exact) mass is 407 g/mol. The van der Waals surface area contributed by atoms with Gasteiger partial charge in [0, 0.05) is 24.0 Å². The largest absolute Gasteiger partial charge is 0.379 e. The van der Waals surface area contributed by atoms with Crippen molar-refractivity contribution in [1.29, 1.82) is 0 Å². The number of fused-ring (bicyclic) bond motifs is 1. The van der Waals surface area contributed by atoms with Crippen molar-refractivity contribution in [1.82, 2.24) is 14.9 Å². The average Bonchev–Trinajstić information content (AvgIpc) is 2.74. The number of rotatable bonds is 6. The van der Waals surface area contributed by atoms with Crippen LogP contribution in [0.15, 0.2) is 47.5 Å². The molecule has 1 aliphatic rings. The van der Waals surface area contributed by atoms with Crippen LogP contribution in [0.3, 0.4) is 0 Å². The molecule has 0 atom stereocenters. The summed E-state index contributed by atoms with van der Waals surface area (Å²) in [4.78, 5) is 24.7. The van der Waals surface area contributed by atoms with Crippen LogP contribution in [0.5, 0.6) is 0 Å². The SMILES string of the molecule is Cc1ccc(C)c(C(=O)CSc2nc(CN3CCOCC3)nc3ccccc23)c1. The van der Waals surface area contributed by atoms with Crippen molar-refractivity contribution in [3.05, 3.63) is 65.0 Å². The Hall–Kier alpha value is -2.28. The van der Waals surface area contributed by atoms with Crippen LogP contribution in [0.4, 0.5) is 0 Å². The van der Waals surface area contributed by atoms with Gasteiger partial charge in [-0.2, -0.15) is 0 Å². The van der Waals surface area contributed by atoms with Gasteiger partial charge in [0.05, 0.1) is 31.0 Å². The van der Waals surface area contributed by atoms with Gasteiger partial charge in [-0.15, -0.1) is 0 Å². The molecule has 2 aromatic carbocycles. The summed E-state index contributed by atoms with van der Waals surface area (Å²) in [5.41, 5.74) is 3.84. The zero-order chi connectivity index (χ0) is 20.2. The molecule has 0 radical (unpaired) electrons. The number of hydrogen-bond donors (Lipinski definition) is 0. The number of hydrogen-bond acceptors (Lipinski definition) is 6. The Kier molecular flexibility index (Phi) is 6.23. The molecule has 2 heterocycles. The van der Waals surface area contributed by atoms with Gasteiger partial charge in [-0.25, -0.2) is 9.97 Å². The molecular weight excluding hydrogens is 382 g/mol. The number of morpholine rings is 1. The maximum atomic E-state index is 12.8. The molecule has 1 fully saturated rings. The standard InChI is InChI=1S/C23H25N3O2S/c1-16-7-8-17(2)19(13-16)21(27)15-29-23-18-5-3-4-6-20(18)24-22(25-23)14-26-9-11-28-12-10-26/h3-8,13H,9-12,14-15H2,1-2H3. The molecule has 4 rings (SSSR count). The smallest absolute Gasteiger partial charge is 0.173 e. The zero-order valence-corrected chi connectivity index (χ0v) is 17.7. The fraction of sp³-hybridized carbons (Fsp3) is 0.348. The number of benzene rings is 2. The Balaban J connectivity index is 1.56. The molecule has 1 aliphatic heterocycles. The molecule has 6 heteroatoms. The van der Waals surface area contributed by atoms with Gasteiger partial charge in [0.25, 0.3) is 0 Å². The minimum absolute atomic E-state index is 0.133. The second-order valence-electron chi connectivity index (χ2n) is 7.38. The Bertz CT molecular complexity index is 1030. The first-order chi connectivity index (χ1) is 14.1. The van der Waals surface area contributed by atoms with Crippen LogP contribution in [-0.2, 0) is 11.3 Å². The molecule has 0 N–H and O–H groups in total. The van der Waals surface area contributed by atoms with E-state index in [4.69, 9.17) is 14.7 Å². The van der Waals surface area contributed by atoms with Gasteiger partial charge in [-0.1, -0.05) is 47.7 Å². The van der Waals surface area contributed by atoms with E-state index in [1.54, 1.807) is 0 Å². The van der Waals surface area contributed by atoms with Crippen LogP contribution in [0, 0.1) is 13.8 Å². The molecule has 3 aromatic rings. The normalized spacial score (nSPS) is 15.0. The number of thioether (sulfide) groups is 1. The second kappa shape index (κ2) is 9.03. The van der Waals surface area contributed by atoms with Crippen molar-refractivity contribution < 1.29 is 9.53 Å². The Labute approximate surface area is 175 Å². The van der Waals surface area contributed by atoms with E-state index in [2.05, 4.69) is 4.90 Å². The van der Waals surface area contributed by atoms with Crippen LogP contribution < -0.4 is 0 Å². The topological polar surface area (TPSA) is 55.3 Å². The van der Waals surface area contributed by atoms with E-state index in [-0.39, 0.29) is 5.78 Å². The lowest BCUT2D eigenvalue weighted by Gasteiger charge is -2.25. The number of ether oxygens (including phenoxy) is 1. The maximum Gasteiger partial charge on any atom is 0.173 e. The lowest BCUT2D eigenvalue weighted by molar-refractivity contribution is 0.0330. The summed E-state index contributed by atoms with van der Waals surface area (Å²) in [6.07, 6.45) is 0. The molecule has 5 nitrogen and oxygen atoms in total. The van der Waals surface area contributed by atoms with Gasteiger partial charge < -0.3 is 4.74 Å². The molecule has 29 heavy (non-hydrogen) atoms. The van der Waals surface area contributed by atoms with E-state index in [1.165, 1.54) is 11.8 Å². The summed E-state index contributed by atoms with van der Waals surface area (Å²) in [6.45, 7) is 7.98. The molecular formula is C23H25N3O2S. The highest BCUT2D eigenvalue weighted by atomic mass is 32.2. The lowest BCUT2D eigenvalue weighted by atomic mass is 10.0. The number of nitrogens with zero attached hydrogens (tertiary/aromatic N) is 3. The van der Waals surface area contributed by atoms with Crippen LogP contribution >= 0.6 is 11.8 Å². The first-order valence-corrected chi connectivity index (χ1v) is 10.9.